The van der Waals surface area contributed by atoms with Crippen LogP contribution in [0.15, 0.2) is 34.1 Å². The van der Waals surface area contributed by atoms with Crippen LogP contribution in [0.3, 0.4) is 0 Å². The summed E-state index contributed by atoms with van der Waals surface area (Å²) in [6, 6.07) is 3.49. The molecule has 0 spiro atoms. The zero-order valence-corrected chi connectivity index (χ0v) is 8.29. The van der Waals surface area contributed by atoms with Gasteiger partial charge in [-0.3, -0.25) is 9.11 Å². The number of hydrogen-bond donors (Lipinski definition) is 2. The van der Waals surface area contributed by atoms with Crippen LogP contribution in [0.1, 0.15) is 0 Å². The van der Waals surface area contributed by atoms with Crippen molar-refractivity contribution in [3.05, 3.63) is 24.3 Å². The molecule has 1 aromatic carbocycles. The molecule has 0 fully saturated rings. The summed E-state index contributed by atoms with van der Waals surface area (Å²) in [4.78, 5) is -0.880. The second-order valence-electron chi connectivity index (χ2n) is 2.42. The van der Waals surface area contributed by atoms with Crippen LogP contribution in [0.25, 0.3) is 0 Å². The van der Waals surface area contributed by atoms with Crippen molar-refractivity contribution < 1.29 is 25.9 Å². The Hall–Kier alpha value is 1.04. The van der Waals surface area contributed by atoms with Crippen molar-refractivity contribution in [1.29, 1.82) is 0 Å². The average Bonchev–Trinajstić information content (AvgIpc) is 2.01. The van der Waals surface area contributed by atoms with Crippen LogP contribution in [0, 0.1) is 0 Å². The van der Waals surface area contributed by atoms with E-state index in [0.717, 1.165) is 24.3 Å². The van der Waals surface area contributed by atoms with E-state index in [2.05, 4.69) is 0 Å². The molecule has 1 aromatic rings. The van der Waals surface area contributed by atoms with E-state index in [4.69, 9.17) is 9.11 Å². The molecular formula is C6H8Na2O6S2. The molecule has 0 saturated carbocycles. The van der Waals surface area contributed by atoms with Gasteiger partial charge >= 0.3 is 59.1 Å². The number of hydrogen-bond acceptors (Lipinski definition) is 4. The van der Waals surface area contributed by atoms with Gasteiger partial charge < -0.3 is 0 Å². The Balaban J connectivity index is 0. The Morgan fingerprint density at radius 2 is 0.875 bits per heavy atom. The molecule has 0 radical (unpaired) electrons. The van der Waals surface area contributed by atoms with Gasteiger partial charge in [0.25, 0.3) is 20.2 Å². The quantitative estimate of drug-likeness (QED) is 0.527. The topological polar surface area (TPSA) is 109 Å². The summed E-state index contributed by atoms with van der Waals surface area (Å²) in [5, 5.41) is 0. The molecule has 1 rings (SSSR count). The molecule has 16 heavy (non-hydrogen) atoms. The van der Waals surface area contributed by atoms with Gasteiger partial charge in [0.1, 0.15) is 0 Å². The molecule has 0 heterocycles. The van der Waals surface area contributed by atoms with Crippen molar-refractivity contribution in [2.75, 3.05) is 0 Å². The monoisotopic (exact) mass is 286 g/mol. The standard InChI is InChI=1S/C6H6O6S2.2Na.2H/c7-13(8,9)5-1-2-6(4-3-5)14(10,11)12;;;;/h1-4H,(H,7,8,9)(H,10,11,12);;;;. The summed E-state index contributed by atoms with van der Waals surface area (Å²) in [7, 11) is -8.68. The van der Waals surface area contributed by atoms with Gasteiger partial charge in [-0.15, -0.1) is 0 Å². The fourth-order valence-corrected chi connectivity index (χ4v) is 1.74. The second kappa shape index (κ2) is 6.83. The van der Waals surface area contributed by atoms with Crippen LogP contribution in [0.5, 0.6) is 0 Å². The zero-order chi connectivity index (χ0) is 11.0. The van der Waals surface area contributed by atoms with Crippen molar-refractivity contribution in [3.63, 3.8) is 0 Å². The van der Waals surface area contributed by atoms with Gasteiger partial charge in [-0.05, 0) is 24.3 Å². The molecule has 0 aliphatic rings. The molecule has 0 aliphatic carbocycles. The Kier molecular flexibility index (Phi) is 8.28. The molecule has 82 valence electrons. The van der Waals surface area contributed by atoms with Crippen LogP contribution >= 0.6 is 0 Å². The maximum absolute atomic E-state index is 10.5. The van der Waals surface area contributed by atoms with Crippen LogP contribution in [0.2, 0.25) is 0 Å². The minimum absolute atomic E-state index is 0. The minimum atomic E-state index is -4.34. The third-order valence-corrected chi connectivity index (χ3v) is 3.16. The molecule has 0 bridgehead atoms. The van der Waals surface area contributed by atoms with Gasteiger partial charge in [-0.2, -0.15) is 16.8 Å². The second-order valence-corrected chi connectivity index (χ2v) is 5.26. The summed E-state index contributed by atoms with van der Waals surface area (Å²) in [6.07, 6.45) is 0. The van der Waals surface area contributed by atoms with Crippen molar-refractivity contribution in [2.24, 2.45) is 0 Å². The third-order valence-electron chi connectivity index (χ3n) is 1.42. The SMILES string of the molecule is O=S(=O)(O)c1ccc(S(=O)(=O)O)cc1.[NaH].[NaH]. The van der Waals surface area contributed by atoms with Crippen molar-refractivity contribution in [2.45, 2.75) is 9.79 Å². The Morgan fingerprint density at radius 1 is 0.688 bits per heavy atom. The van der Waals surface area contributed by atoms with E-state index < -0.39 is 30.0 Å². The first kappa shape index (κ1) is 19.4. The van der Waals surface area contributed by atoms with Gasteiger partial charge in [-0.1, -0.05) is 0 Å². The van der Waals surface area contributed by atoms with E-state index in [1.54, 1.807) is 0 Å². The predicted molar refractivity (Wildman–Crippen MR) is 60.4 cm³/mol. The van der Waals surface area contributed by atoms with Gasteiger partial charge in [0.15, 0.2) is 0 Å². The molecular weight excluding hydrogens is 278 g/mol. The molecule has 2 N–H and O–H groups in total. The molecule has 0 atom stereocenters. The van der Waals surface area contributed by atoms with E-state index in [1.165, 1.54) is 0 Å². The molecule has 0 amide bonds. The third kappa shape index (κ3) is 5.58. The van der Waals surface area contributed by atoms with Crippen LogP contribution in [0.4, 0.5) is 0 Å². The van der Waals surface area contributed by atoms with E-state index in [0.29, 0.717) is 0 Å². The van der Waals surface area contributed by atoms with Crippen LogP contribution < -0.4 is 0 Å². The Bertz CT molecular complexity index is 482. The average molecular weight is 286 g/mol. The van der Waals surface area contributed by atoms with E-state index in [1.807, 2.05) is 0 Å². The number of rotatable bonds is 2. The van der Waals surface area contributed by atoms with Gasteiger partial charge in [0, 0.05) is 0 Å². The van der Waals surface area contributed by atoms with Crippen LogP contribution in [-0.4, -0.2) is 85.1 Å². The van der Waals surface area contributed by atoms with Gasteiger partial charge in [0.2, 0.25) is 0 Å². The van der Waals surface area contributed by atoms with Crippen LogP contribution in [-0.2, 0) is 20.2 Å². The summed E-state index contributed by atoms with van der Waals surface area (Å²) < 4.78 is 59.2. The molecule has 0 aromatic heterocycles. The molecule has 0 unspecified atom stereocenters. The molecule has 0 aliphatic heterocycles. The first-order valence-corrected chi connectivity index (χ1v) is 6.14. The summed E-state index contributed by atoms with van der Waals surface area (Å²) in [5.74, 6) is 0. The maximum atomic E-state index is 10.5. The van der Waals surface area contributed by atoms with Gasteiger partial charge in [0.05, 0.1) is 9.79 Å². The van der Waals surface area contributed by atoms with E-state index in [-0.39, 0.29) is 59.1 Å². The molecule has 0 saturated heterocycles. The molecule has 6 nitrogen and oxygen atoms in total. The van der Waals surface area contributed by atoms with Crippen molar-refractivity contribution >= 4 is 79.4 Å². The number of benzene rings is 1. The van der Waals surface area contributed by atoms with Crippen molar-refractivity contribution in [1.82, 2.24) is 0 Å². The fourth-order valence-electron chi connectivity index (χ4n) is 0.784. The first-order chi connectivity index (χ1) is 6.21. The van der Waals surface area contributed by atoms with E-state index >= 15 is 0 Å². The summed E-state index contributed by atoms with van der Waals surface area (Å²) in [6.45, 7) is 0. The normalized spacial score (nSPS) is 11.1. The zero-order valence-electron chi connectivity index (χ0n) is 6.65. The van der Waals surface area contributed by atoms with Gasteiger partial charge in [-0.25, -0.2) is 0 Å². The first-order valence-electron chi connectivity index (χ1n) is 3.26. The van der Waals surface area contributed by atoms with Crippen molar-refractivity contribution in [3.8, 4) is 0 Å². The fraction of sp³-hybridized carbons (Fsp3) is 0. The Morgan fingerprint density at radius 3 is 1.00 bits per heavy atom. The predicted octanol–water partition coefficient (Wildman–Crippen LogP) is -1.12. The Labute approximate surface area is 138 Å². The van der Waals surface area contributed by atoms with E-state index in [9.17, 15) is 16.8 Å². The summed E-state index contributed by atoms with van der Waals surface area (Å²) in [5.41, 5.74) is 0. The summed E-state index contributed by atoms with van der Waals surface area (Å²) >= 11 is 0. The molecule has 10 heteroatoms.